The first-order valence-corrected chi connectivity index (χ1v) is 8.71. The standard InChI is InChI=1S/C20H27N3O2/c1-14-11-18(19(24)22-10-9-20(3,12-21)13-22)15(2)23(14)16-5-7-17(25-4)8-6-16/h5-8,11H,9-10,12-13,21H2,1-4H3. The van der Waals surface area contributed by atoms with Crippen molar-refractivity contribution in [3.63, 3.8) is 0 Å². The van der Waals surface area contributed by atoms with Crippen molar-refractivity contribution in [1.29, 1.82) is 0 Å². The first-order valence-electron chi connectivity index (χ1n) is 8.71. The Morgan fingerprint density at radius 3 is 2.52 bits per heavy atom. The van der Waals surface area contributed by atoms with E-state index < -0.39 is 0 Å². The van der Waals surface area contributed by atoms with Gasteiger partial charge >= 0.3 is 0 Å². The molecule has 0 saturated carbocycles. The molecular weight excluding hydrogens is 314 g/mol. The summed E-state index contributed by atoms with van der Waals surface area (Å²) in [4.78, 5) is 15.0. The molecule has 2 aromatic rings. The number of amides is 1. The minimum Gasteiger partial charge on any atom is -0.497 e. The number of likely N-dealkylation sites (tertiary alicyclic amines) is 1. The Balaban J connectivity index is 1.90. The average Bonchev–Trinajstić information content (AvgIpc) is 3.15. The lowest BCUT2D eigenvalue weighted by Crippen LogP contribution is -2.34. The van der Waals surface area contributed by atoms with Gasteiger partial charge in [-0.3, -0.25) is 4.79 Å². The van der Waals surface area contributed by atoms with E-state index in [4.69, 9.17) is 10.5 Å². The van der Waals surface area contributed by atoms with Gasteiger partial charge in [-0.15, -0.1) is 0 Å². The first-order chi connectivity index (χ1) is 11.9. The lowest BCUT2D eigenvalue weighted by Gasteiger charge is -2.22. The van der Waals surface area contributed by atoms with Gasteiger partial charge in [0.15, 0.2) is 0 Å². The zero-order valence-electron chi connectivity index (χ0n) is 15.5. The first kappa shape index (κ1) is 17.5. The van der Waals surface area contributed by atoms with Crippen LogP contribution in [0.3, 0.4) is 0 Å². The van der Waals surface area contributed by atoms with Crippen LogP contribution < -0.4 is 10.5 Å². The number of nitrogens with two attached hydrogens (primary N) is 1. The normalized spacial score (nSPS) is 20.1. The van der Waals surface area contributed by atoms with Crippen LogP contribution in [0.15, 0.2) is 30.3 Å². The molecule has 1 atom stereocenters. The molecule has 5 nitrogen and oxygen atoms in total. The number of ether oxygens (including phenoxy) is 1. The summed E-state index contributed by atoms with van der Waals surface area (Å²) in [5.74, 6) is 0.922. The lowest BCUT2D eigenvalue weighted by molar-refractivity contribution is 0.0776. The van der Waals surface area contributed by atoms with E-state index in [2.05, 4.69) is 11.5 Å². The van der Waals surface area contributed by atoms with Gasteiger partial charge in [0.2, 0.25) is 0 Å². The fourth-order valence-corrected chi connectivity index (χ4v) is 3.64. The van der Waals surface area contributed by atoms with Gasteiger partial charge in [-0.1, -0.05) is 6.92 Å². The number of carbonyl (C=O) groups is 1. The number of carbonyl (C=O) groups excluding carboxylic acids is 1. The van der Waals surface area contributed by atoms with Gasteiger partial charge in [-0.25, -0.2) is 0 Å². The molecule has 1 saturated heterocycles. The highest BCUT2D eigenvalue weighted by Gasteiger charge is 2.36. The van der Waals surface area contributed by atoms with Crippen molar-refractivity contribution in [2.75, 3.05) is 26.7 Å². The van der Waals surface area contributed by atoms with E-state index in [0.717, 1.165) is 47.9 Å². The van der Waals surface area contributed by atoms with Crippen LogP contribution in [0, 0.1) is 19.3 Å². The highest BCUT2D eigenvalue weighted by atomic mass is 16.5. The Kier molecular flexibility index (Phi) is 4.60. The molecule has 1 aromatic heterocycles. The molecule has 25 heavy (non-hydrogen) atoms. The molecule has 0 bridgehead atoms. The highest BCUT2D eigenvalue weighted by Crippen LogP contribution is 2.31. The van der Waals surface area contributed by atoms with Gasteiger partial charge in [0.05, 0.1) is 12.7 Å². The van der Waals surface area contributed by atoms with Crippen LogP contribution in [0.4, 0.5) is 0 Å². The number of benzene rings is 1. The maximum absolute atomic E-state index is 13.0. The minimum atomic E-state index is 0.0388. The molecule has 1 aromatic carbocycles. The molecule has 134 valence electrons. The maximum atomic E-state index is 13.0. The van der Waals surface area contributed by atoms with Crippen molar-refractivity contribution in [2.45, 2.75) is 27.2 Å². The quantitative estimate of drug-likeness (QED) is 0.930. The van der Waals surface area contributed by atoms with Gasteiger partial charge in [0, 0.05) is 30.2 Å². The van der Waals surface area contributed by atoms with Gasteiger partial charge in [-0.2, -0.15) is 0 Å². The third-order valence-electron chi connectivity index (χ3n) is 5.33. The number of aryl methyl sites for hydroxylation is 1. The van der Waals surface area contributed by atoms with Crippen LogP contribution in [0.1, 0.15) is 35.1 Å². The fourth-order valence-electron chi connectivity index (χ4n) is 3.64. The second-order valence-electron chi connectivity index (χ2n) is 7.31. The molecule has 1 aliphatic heterocycles. The summed E-state index contributed by atoms with van der Waals surface area (Å²) in [6.07, 6.45) is 0.965. The van der Waals surface area contributed by atoms with Crippen LogP contribution in [-0.4, -0.2) is 42.1 Å². The van der Waals surface area contributed by atoms with Gasteiger partial charge in [0.1, 0.15) is 5.75 Å². The highest BCUT2D eigenvalue weighted by molar-refractivity contribution is 5.96. The Morgan fingerprint density at radius 2 is 1.96 bits per heavy atom. The van der Waals surface area contributed by atoms with E-state index in [-0.39, 0.29) is 11.3 Å². The Bertz CT molecular complexity index is 779. The summed E-state index contributed by atoms with van der Waals surface area (Å²) >= 11 is 0. The van der Waals surface area contributed by atoms with Crippen LogP contribution in [0.5, 0.6) is 5.75 Å². The summed E-state index contributed by atoms with van der Waals surface area (Å²) < 4.78 is 7.34. The average molecular weight is 341 g/mol. The second-order valence-corrected chi connectivity index (χ2v) is 7.31. The molecule has 0 aliphatic carbocycles. The van der Waals surface area contributed by atoms with E-state index in [9.17, 15) is 4.79 Å². The smallest absolute Gasteiger partial charge is 0.255 e. The molecule has 1 amide bonds. The summed E-state index contributed by atoms with van der Waals surface area (Å²) in [6.45, 7) is 8.31. The van der Waals surface area contributed by atoms with Gasteiger partial charge in [0.25, 0.3) is 5.91 Å². The van der Waals surface area contributed by atoms with Crippen molar-refractivity contribution < 1.29 is 9.53 Å². The molecular formula is C20H27N3O2. The van der Waals surface area contributed by atoms with Crippen molar-refractivity contribution >= 4 is 5.91 Å². The number of aromatic nitrogens is 1. The van der Waals surface area contributed by atoms with Gasteiger partial charge in [-0.05, 0) is 62.6 Å². The molecule has 0 radical (unpaired) electrons. The third kappa shape index (κ3) is 3.16. The SMILES string of the molecule is COc1ccc(-n2c(C)cc(C(=O)N3CCC(C)(CN)C3)c2C)cc1. The number of methoxy groups -OCH3 is 1. The minimum absolute atomic E-state index is 0.0388. The molecule has 2 heterocycles. The van der Waals surface area contributed by atoms with Crippen LogP contribution in [0.2, 0.25) is 0 Å². The van der Waals surface area contributed by atoms with E-state index in [1.54, 1.807) is 7.11 Å². The van der Waals surface area contributed by atoms with Gasteiger partial charge < -0.3 is 19.9 Å². The van der Waals surface area contributed by atoms with E-state index in [1.807, 2.05) is 49.1 Å². The zero-order chi connectivity index (χ0) is 18.2. The molecule has 2 N–H and O–H groups in total. The molecule has 1 aliphatic rings. The van der Waals surface area contributed by atoms with Crippen LogP contribution in [-0.2, 0) is 0 Å². The van der Waals surface area contributed by atoms with Crippen molar-refractivity contribution in [2.24, 2.45) is 11.1 Å². The second kappa shape index (κ2) is 6.56. The van der Waals surface area contributed by atoms with Crippen molar-refractivity contribution in [3.05, 3.63) is 47.3 Å². The monoisotopic (exact) mass is 341 g/mol. The Hall–Kier alpha value is -2.27. The third-order valence-corrected chi connectivity index (χ3v) is 5.33. The largest absolute Gasteiger partial charge is 0.497 e. The van der Waals surface area contributed by atoms with E-state index in [0.29, 0.717) is 6.54 Å². The number of hydrogen-bond donors (Lipinski definition) is 1. The molecule has 5 heteroatoms. The van der Waals surface area contributed by atoms with Crippen LogP contribution >= 0.6 is 0 Å². The fraction of sp³-hybridized carbons (Fsp3) is 0.450. The molecule has 1 fully saturated rings. The van der Waals surface area contributed by atoms with Crippen LogP contribution in [0.25, 0.3) is 5.69 Å². The molecule has 3 rings (SSSR count). The lowest BCUT2D eigenvalue weighted by atomic mass is 9.90. The number of rotatable bonds is 4. The number of hydrogen-bond acceptors (Lipinski definition) is 3. The summed E-state index contributed by atoms with van der Waals surface area (Å²) in [5.41, 5.74) is 9.73. The van der Waals surface area contributed by atoms with Crippen molar-refractivity contribution in [1.82, 2.24) is 9.47 Å². The zero-order valence-corrected chi connectivity index (χ0v) is 15.5. The maximum Gasteiger partial charge on any atom is 0.255 e. The van der Waals surface area contributed by atoms with Crippen molar-refractivity contribution in [3.8, 4) is 11.4 Å². The van der Waals surface area contributed by atoms with E-state index in [1.165, 1.54) is 0 Å². The predicted octanol–water partition coefficient (Wildman–Crippen LogP) is 2.91. The molecule has 1 unspecified atom stereocenters. The summed E-state index contributed by atoms with van der Waals surface area (Å²) in [6, 6.07) is 9.87. The molecule has 0 spiro atoms. The topological polar surface area (TPSA) is 60.5 Å². The summed E-state index contributed by atoms with van der Waals surface area (Å²) in [7, 11) is 1.66. The predicted molar refractivity (Wildman–Crippen MR) is 99.5 cm³/mol. The number of nitrogens with zero attached hydrogens (tertiary/aromatic N) is 2. The summed E-state index contributed by atoms with van der Waals surface area (Å²) in [5, 5.41) is 0. The Morgan fingerprint density at radius 1 is 1.28 bits per heavy atom. The van der Waals surface area contributed by atoms with E-state index >= 15 is 0 Å². The Labute approximate surface area is 149 Å².